The molecular formula is C20H24N2O6S. The first-order chi connectivity index (χ1) is 13.7. The van der Waals surface area contributed by atoms with E-state index in [1.165, 1.54) is 52.3 Å². The Kier molecular flexibility index (Phi) is 7.22. The number of Topliss-reactive ketones (excluding diaryl/α,β-unsaturated/α-hetero) is 1. The summed E-state index contributed by atoms with van der Waals surface area (Å²) in [6, 6.07) is 9.14. The van der Waals surface area contributed by atoms with E-state index in [4.69, 9.17) is 9.47 Å². The highest BCUT2D eigenvalue weighted by molar-refractivity contribution is 7.92. The zero-order valence-corrected chi connectivity index (χ0v) is 17.6. The summed E-state index contributed by atoms with van der Waals surface area (Å²) in [5, 5.41) is 2.68. The van der Waals surface area contributed by atoms with Crippen molar-refractivity contribution in [2.24, 2.45) is 0 Å². The summed E-state index contributed by atoms with van der Waals surface area (Å²) in [4.78, 5) is 22.9. The van der Waals surface area contributed by atoms with Crippen molar-refractivity contribution in [3.05, 3.63) is 47.5 Å². The standard InChI is InChI=1S/C20H24N2O6S/c1-13(23)17-11-19(27-3)20(28-4)12-18(17)22-29(25,26)16-7-5-15(6-8-16)9-10-21-14(2)24/h5-8,11-12,22H,9-10H2,1-4H3,(H,21,24). The van der Waals surface area contributed by atoms with E-state index in [1.807, 2.05) is 0 Å². The van der Waals surface area contributed by atoms with Crippen LogP contribution in [0.3, 0.4) is 0 Å². The first-order valence-corrected chi connectivity index (χ1v) is 10.3. The van der Waals surface area contributed by atoms with Crippen LogP contribution >= 0.6 is 0 Å². The van der Waals surface area contributed by atoms with Crippen LogP contribution in [0.15, 0.2) is 41.3 Å². The molecule has 8 nitrogen and oxygen atoms in total. The van der Waals surface area contributed by atoms with Gasteiger partial charge in [0, 0.05) is 25.1 Å². The van der Waals surface area contributed by atoms with Gasteiger partial charge < -0.3 is 14.8 Å². The summed E-state index contributed by atoms with van der Waals surface area (Å²) in [6.07, 6.45) is 0.581. The number of methoxy groups -OCH3 is 2. The molecule has 0 spiro atoms. The highest BCUT2D eigenvalue weighted by Gasteiger charge is 2.20. The molecule has 0 saturated heterocycles. The van der Waals surface area contributed by atoms with E-state index in [0.29, 0.717) is 24.5 Å². The Labute approximate surface area is 170 Å². The summed E-state index contributed by atoms with van der Waals surface area (Å²) < 4.78 is 38.4. The van der Waals surface area contributed by atoms with Crippen molar-refractivity contribution in [3.8, 4) is 11.5 Å². The molecule has 156 valence electrons. The third-order valence-corrected chi connectivity index (χ3v) is 5.55. The van der Waals surface area contributed by atoms with Gasteiger partial charge in [-0.05, 0) is 37.1 Å². The molecule has 0 bridgehead atoms. The number of hydrogen-bond acceptors (Lipinski definition) is 6. The maximum atomic E-state index is 12.8. The second-order valence-electron chi connectivity index (χ2n) is 6.29. The molecule has 0 aliphatic heterocycles. The number of rotatable bonds is 9. The van der Waals surface area contributed by atoms with Crippen LogP contribution in [0.4, 0.5) is 5.69 Å². The molecule has 0 saturated carbocycles. The van der Waals surface area contributed by atoms with Crippen LogP contribution in [0.1, 0.15) is 29.8 Å². The smallest absolute Gasteiger partial charge is 0.261 e. The van der Waals surface area contributed by atoms with Gasteiger partial charge in [-0.3, -0.25) is 14.3 Å². The number of sulfonamides is 1. The predicted molar refractivity (Wildman–Crippen MR) is 109 cm³/mol. The molecule has 0 aliphatic rings. The zero-order chi connectivity index (χ0) is 21.6. The number of ether oxygens (including phenoxy) is 2. The first kappa shape index (κ1) is 22.2. The Hall–Kier alpha value is -3.07. The summed E-state index contributed by atoms with van der Waals surface area (Å²) >= 11 is 0. The van der Waals surface area contributed by atoms with Gasteiger partial charge in [-0.15, -0.1) is 0 Å². The minimum atomic E-state index is -3.93. The Morgan fingerprint density at radius 1 is 0.966 bits per heavy atom. The van der Waals surface area contributed by atoms with Gasteiger partial charge in [0.05, 0.1) is 24.8 Å². The van der Waals surface area contributed by atoms with Gasteiger partial charge in [-0.2, -0.15) is 0 Å². The molecule has 0 aromatic heterocycles. The molecule has 9 heteroatoms. The van der Waals surface area contributed by atoms with E-state index in [-0.39, 0.29) is 27.8 Å². The third-order valence-electron chi connectivity index (χ3n) is 4.17. The summed E-state index contributed by atoms with van der Waals surface area (Å²) in [5.74, 6) is 0.175. The monoisotopic (exact) mass is 420 g/mol. The van der Waals surface area contributed by atoms with Crippen LogP contribution in [0.5, 0.6) is 11.5 Å². The number of hydrogen-bond donors (Lipinski definition) is 2. The van der Waals surface area contributed by atoms with Crippen LogP contribution in [0.2, 0.25) is 0 Å². The molecule has 29 heavy (non-hydrogen) atoms. The Morgan fingerprint density at radius 2 is 1.55 bits per heavy atom. The van der Waals surface area contributed by atoms with Crippen molar-refractivity contribution in [3.63, 3.8) is 0 Å². The largest absolute Gasteiger partial charge is 0.493 e. The lowest BCUT2D eigenvalue weighted by atomic mass is 10.1. The number of anilines is 1. The molecule has 0 aliphatic carbocycles. The number of carbonyl (C=O) groups is 2. The molecule has 2 N–H and O–H groups in total. The number of ketones is 1. The van der Waals surface area contributed by atoms with Gasteiger partial charge in [0.25, 0.3) is 10.0 Å². The minimum absolute atomic E-state index is 0.0464. The lowest BCUT2D eigenvalue weighted by molar-refractivity contribution is -0.118. The van der Waals surface area contributed by atoms with Crippen molar-refractivity contribution < 1.29 is 27.5 Å². The van der Waals surface area contributed by atoms with Gasteiger partial charge in [0.1, 0.15) is 0 Å². The summed E-state index contributed by atoms with van der Waals surface area (Å²) in [7, 11) is -1.08. The lowest BCUT2D eigenvalue weighted by Crippen LogP contribution is -2.22. The number of nitrogens with one attached hydrogen (secondary N) is 2. The average Bonchev–Trinajstić information content (AvgIpc) is 2.67. The topological polar surface area (TPSA) is 111 Å². The van der Waals surface area contributed by atoms with Crippen molar-refractivity contribution in [1.29, 1.82) is 0 Å². The van der Waals surface area contributed by atoms with Crippen molar-refractivity contribution >= 4 is 27.4 Å². The van der Waals surface area contributed by atoms with Gasteiger partial charge in [-0.25, -0.2) is 8.42 Å². The molecule has 0 heterocycles. The SMILES string of the molecule is COc1cc(NS(=O)(=O)c2ccc(CCNC(C)=O)cc2)c(C(C)=O)cc1OC. The molecular weight excluding hydrogens is 396 g/mol. The summed E-state index contributed by atoms with van der Waals surface area (Å²) in [6.45, 7) is 3.24. The van der Waals surface area contributed by atoms with Crippen molar-refractivity contribution in [2.45, 2.75) is 25.2 Å². The molecule has 0 radical (unpaired) electrons. The first-order valence-electron chi connectivity index (χ1n) is 8.81. The quantitative estimate of drug-likeness (QED) is 0.603. The second-order valence-corrected chi connectivity index (χ2v) is 7.97. The third kappa shape index (κ3) is 5.71. The van der Waals surface area contributed by atoms with Crippen molar-refractivity contribution in [1.82, 2.24) is 5.32 Å². The zero-order valence-electron chi connectivity index (χ0n) is 16.7. The van der Waals surface area contributed by atoms with Crippen LogP contribution in [-0.2, 0) is 21.2 Å². The van der Waals surface area contributed by atoms with Crippen LogP contribution in [0.25, 0.3) is 0 Å². The maximum Gasteiger partial charge on any atom is 0.261 e. The molecule has 0 unspecified atom stereocenters. The second kappa shape index (κ2) is 9.42. The minimum Gasteiger partial charge on any atom is -0.493 e. The molecule has 2 rings (SSSR count). The molecule has 0 atom stereocenters. The fourth-order valence-corrected chi connectivity index (χ4v) is 3.75. The van der Waals surface area contributed by atoms with E-state index >= 15 is 0 Å². The average molecular weight is 420 g/mol. The van der Waals surface area contributed by atoms with Gasteiger partial charge in [-0.1, -0.05) is 12.1 Å². The van der Waals surface area contributed by atoms with Crippen LogP contribution < -0.4 is 19.5 Å². The lowest BCUT2D eigenvalue weighted by Gasteiger charge is -2.15. The number of carbonyl (C=O) groups excluding carboxylic acids is 2. The van der Waals surface area contributed by atoms with E-state index in [0.717, 1.165) is 5.56 Å². The number of amides is 1. The molecule has 2 aromatic carbocycles. The Morgan fingerprint density at radius 3 is 2.07 bits per heavy atom. The van der Waals surface area contributed by atoms with Crippen LogP contribution in [0, 0.1) is 0 Å². The van der Waals surface area contributed by atoms with E-state index in [1.54, 1.807) is 12.1 Å². The highest BCUT2D eigenvalue weighted by atomic mass is 32.2. The molecule has 1 amide bonds. The van der Waals surface area contributed by atoms with Gasteiger partial charge >= 0.3 is 0 Å². The number of benzene rings is 2. The highest BCUT2D eigenvalue weighted by Crippen LogP contribution is 2.34. The Bertz CT molecular complexity index is 1000. The van der Waals surface area contributed by atoms with Gasteiger partial charge in [0.2, 0.25) is 5.91 Å². The van der Waals surface area contributed by atoms with E-state index < -0.39 is 10.0 Å². The fourth-order valence-electron chi connectivity index (χ4n) is 2.68. The Balaban J connectivity index is 2.28. The van der Waals surface area contributed by atoms with Gasteiger partial charge in [0.15, 0.2) is 17.3 Å². The predicted octanol–water partition coefficient (Wildman–Crippen LogP) is 2.39. The van der Waals surface area contributed by atoms with E-state index in [2.05, 4.69) is 10.0 Å². The van der Waals surface area contributed by atoms with Crippen molar-refractivity contribution in [2.75, 3.05) is 25.5 Å². The molecule has 2 aromatic rings. The fraction of sp³-hybridized carbons (Fsp3) is 0.300. The molecule has 0 fully saturated rings. The summed E-state index contributed by atoms with van der Waals surface area (Å²) in [5.41, 5.74) is 1.15. The maximum absolute atomic E-state index is 12.8. The normalized spacial score (nSPS) is 10.9. The van der Waals surface area contributed by atoms with Crippen LogP contribution in [-0.4, -0.2) is 40.9 Å². The van der Waals surface area contributed by atoms with E-state index in [9.17, 15) is 18.0 Å².